The van der Waals surface area contributed by atoms with Crippen LogP contribution in [0, 0.1) is 0 Å². The second-order valence-corrected chi connectivity index (χ2v) is 4.56. The second kappa shape index (κ2) is 8.77. The first-order chi connectivity index (χ1) is 8.52. The maximum Gasteiger partial charge on any atom is 0.234 e. The number of hydrogen-bond acceptors (Lipinski definition) is 3. The summed E-state index contributed by atoms with van der Waals surface area (Å²) in [6.07, 6.45) is 0.170. The summed E-state index contributed by atoms with van der Waals surface area (Å²) in [5.74, 6) is 0.843. The lowest BCUT2D eigenvalue weighted by Gasteiger charge is -2.15. The number of carbonyl (C=O) groups excluding carboxylic acids is 1. The predicted octanol–water partition coefficient (Wildman–Crippen LogP) is 2.29. The fourth-order valence-electron chi connectivity index (χ4n) is 1.64. The fraction of sp³-hybridized carbons (Fsp3) is 0.500. The van der Waals surface area contributed by atoms with Crippen molar-refractivity contribution in [2.75, 3.05) is 13.6 Å². The molecule has 0 aliphatic rings. The highest BCUT2D eigenvalue weighted by Gasteiger charge is 2.08. The SMILES string of the molecule is CNCC(=O)NC(C)c1ccc(OC(C)C)cc1.Cl. The van der Waals surface area contributed by atoms with Gasteiger partial charge in [0.2, 0.25) is 5.91 Å². The van der Waals surface area contributed by atoms with E-state index >= 15 is 0 Å². The molecule has 1 atom stereocenters. The highest BCUT2D eigenvalue weighted by Crippen LogP contribution is 2.18. The molecule has 0 aromatic heterocycles. The van der Waals surface area contributed by atoms with Gasteiger partial charge in [-0.25, -0.2) is 0 Å². The number of hydrogen-bond donors (Lipinski definition) is 2. The number of halogens is 1. The third-order valence-electron chi connectivity index (χ3n) is 2.47. The third-order valence-corrected chi connectivity index (χ3v) is 2.47. The van der Waals surface area contributed by atoms with Crippen LogP contribution < -0.4 is 15.4 Å². The standard InChI is InChI=1S/C14H22N2O2.ClH/c1-10(2)18-13-7-5-12(6-8-13)11(3)16-14(17)9-15-4;/h5-8,10-11,15H,9H2,1-4H3,(H,16,17);1H. The van der Waals surface area contributed by atoms with Crippen LogP contribution in [0.1, 0.15) is 32.4 Å². The molecule has 0 radical (unpaired) electrons. The van der Waals surface area contributed by atoms with E-state index in [4.69, 9.17) is 4.74 Å². The summed E-state index contributed by atoms with van der Waals surface area (Å²) in [6.45, 7) is 6.29. The Morgan fingerprint density at radius 2 is 1.79 bits per heavy atom. The van der Waals surface area contributed by atoms with E-state index in [0.29, 0.717) is 6.54 Å². The molecule has 0 saturated carbocycles. The largest absolute Gasteiger partial charge is 0.491 e. The fourth-order valence-corrected chi connectivity index (χ4v) is 1.64. The van der Waals surface area contributed by atoms with Crippen LogP contribution >= 0.6 is 12.4 Å². The summed E-state index contributed by atoms with van der Waals surface area (Å²) in [7, 11) is 1.75. The van der Waals surface area contributed by atoms with Crippen LogP contribution in [0.25, 0.3) is 0 Å². The molecule has 0 aliphatic heterocycles. The highest BCUT2D eigenvalue weighted by atomic mass is 35.5. The van der Waals surface area contributed by atoms with Crippen LogP contribution in [0.4, 0.5) is 0 Å². The smallest absolute Gasteiger partial charge is 0.234 e. The summed E-state index contributed by atoms with van der Waals surface area (Å²) in [6, 6.07) is 7.80. The van der Waals surface area contributed by atoms with Gasteiger partial charge in [0.05, 0.1) is 18.7 Å². The first-order valence-electron chi connectivity index (χ1n) is 6.23. The van der Waals surface area contributed by atoms with Crippen molar-refractivity contribution in [3.63, 3.8) is 0 Å². The number of likely N-dealkylation sites (N-methyl/N-ethyl adjacent to an activating group) is 1. The molecule has 0 spiro atoms. The number of nitrogens with one attached hydrogen (secondary N) is 2. The van der Waals surface area contributed by atoms with Crippen molar-refractivity contribution in [2.24, 2.45) is 0 Å². The molecule has 2 N–H and O–H groups in total. The lowest BCUT2D eigenvalue weighted by molar-refractivity contribution is -0.120. The monoisotopic (exact) mass is 286 g/mol. The molecular weight excluding hydrogens is 264 g/mol. The summed E-state index contributed by atoms with van der Waals surface area (Å²) in [5.41, 5.74) is 1.07. The van der Waals surface area contributed by atoms with Crippen molar-refractivity contribution in [3.8, 4) is 5.75 Å². The number of benzene rings is 1. The maximum absolute atomic E-state index is 11.4. The normalized spacial score (nSPS) is 11.6. The molecule has 4 nitrogen and oxygen atoms in total. The average molecular weight is 287 g/mol. The number of rotatable bonds is 6. The molecule has 19 heavy (non-hydrogen) atoms. The van der Waals surface area contributed by atoms with E-state index in [-0.39, 0.29) is 30.5 Å². The van der Waals surface area contributed by atoms with Crippen LogP contribution in [0.5, 0.6) is 5.75 Å². The lowest BCUT2D eigenvalue weighted by Crippen LogP contribution is -2.33. The first kappa shape index (κ1) is 17.7. The number of amides is 1. The van der Waals surface area contributed by atoms with E-state index in [0.717, 1.165) is 11.3 Å². The Kier molecular flexibility index (Phi) is 8.19. The number of carbonyl (C=O) groups is 1. The van der Waals surface area contributed by atoms with Gasteiger partial charge in [-0.2, -0.15) is 0 Å². The second-order valence-electron chi connectivity index (χ2n) is 4.56. The molecule has 0 saturated heterocycles. The van der Waals surface area contributed by atoms with Gasteiger partial charge in [-0.1, -0.05) is 12.1 Å². The maximum atomic E-state index is 11.4. The van der Waals surface area contributed by atoms with Crippen LogP contribution in [0.2, 0.25) is 0 Å². The molecule has 1 amide bonds. The molecule has 5 heteroatoms. The van der Waals surface area contributed by atoms with Crippen molar-refractivity contribution in [2.45, 2.75) is 32.9 Å². The Balaban J connectivity index is 0.00000324. The molecular formula is C14H23ClN2O2. The highest BCUT2D eigenvalue weighted by molar-refractivity contribution is 5.85. The summed E-state index contributed by atoms with van der Waals surface area (Å²) in [5, 5.41) is 5.74. The van der Waals surface area contributed by atoms with Crippen molar-refractivity contribution < 1.29 is 9.53 Å². The van der Waals surface area contributed by atoms with Crippen molar-refractivity contribution in [3.05, 3.63) is 29.8 Å². The lowest BCUT2D eigenvalue weighted by atomic mass is 10.1. The minimum atomic E-state index is -0.00694. The van der Waals surface area contributed by atoms with Gasteiger partial charge >= 0.3 is 0 Å². The minimum absolute atomic E-state index is 0. The van der Waals surface area contributed by atoms with E-state index in [2.05, 4.69) is 10.6 Å². The Labute approximate surface area is 121 Å². The Morgan fingerprint density at radius 3 is 2.26 bits per heavy atom. The zero-order chi connectivity index (χ0) is 13.5. The summed E-state index contributed by atoms with van der Waals surface area (Å²) in [4.78, 5) is 11.4. The zero-order valence-electron chi connectivity index (χ0n) is 11.9. The van der Waals surface area contributed by atoms with E-state index in [9.17, 15) is 4.79 Å². The van der Waals surface area contributed by atoms with Crippen molar-refractivity contribution in [1.82, 2.24) is 10.6 Å². The quantitative estimate of drug-likeness (QED) is 0.844. The van der Waals surface area contributed by atoms with E-state index in [1.165, 1.54) is 0 Å². The van der Waals surface area contributed by atoms with Crippen molar-refractivity contribution >= 4 is 18.3 Å². The van der Waals surface area contributed by atoms with Crippen LogP contribution in [0.15, 0.2) is 24.3 Å². The average Bonchev–Trinajstić information content (AvgIpc) is 2.29. The molecule has 1 aromatic carbocycles. The van der Waals surface area contributed by atoms with Crippen LogP contribution in [-0.4, -0.2) is 25.6 Å². The molecule has 1 aromatic rings. The third kappa shape index (κ3) is 6.45. The van der Waals surface area contributed by atoms with Crippen LogP contribution in [-0.2, 0) is 4.79 Å². The summed E-state index contributed by atoms with van der Waals surface area (Å²) >= 11 is 0. The summed E-state index contributed by atoms with van der Waals surface area (Å²) < 4.78 is 5.57. The van der Waals surface area contributed by atoms with E-state index < -0.39 is 0 Å². The molecule has 0 heterocycles. The molecule has 1 rings (SSSR count). The molecule has 108 valence electrons. The topological polar surface area (TPSA) is 50.4 Å². The Hall–Kier alpha value is -1.26. The van der Waals surface area contributed by atoms with Gasteiger partial charge in [-0.3, -0.25) is 4.79 Å². The first-order valence-corrected chi connectivity index (χ1v) is 6.23. The van der Waals surface area contributed by atoms with Gasteiger partial charge in [0.15, 0.2) is 0 Å². The van der Waals surface area contributed by atoms with Crippen LogP contribution in [0.3, 0.4) is 0 Å². The number of ether oxygens (including phenoxy) is 1. The van der Waals surface area contributed by atoms with Gasteiger partial charge in [-0.15, -0.1) is 12.4 Å². The van der Waals surface area contributed by atoms with Gasteiger partial charge in [0, 0.05) is 0 Å². The van der Waals surface area contributed by atoms with Crippen molar-refractivity contribution in [1.29, 1.82) is 0 Å². The molecule has 1 unspecified atom stereocenters. The minimum Gasteiger partial charge on any atom is -0.491 e. The zero-order valence-corrected chi connectivity index (χ0v) is 12.7. The van der Waals surface area contributed by atoms with Gasteiger partial charge in [0.25, 0.3) is 0 Å². The Morgan fingerprint density at radius 1 is 1.21 bits per heavy atom. The molecule has 0 aliphatic carbocycles. The van der Waals surface area contributed by atoms with E-state index in [1.54, 1.807) is 7.05 Å². The van der Waals surface area contributed by atoms with E-state index in [1.807, 2.05) is 45.0 Å². The van der Waals surface area contributed by atoms with Gasteiger partial charge in [0.1, 0.15) is 5.75 Å². The molecule has 0 fully saturated rings. The Bertz CT molecular complexity index is 380. The van der Waals surface area contributed by atoms with Gasteiger partial charge in [-0.05, 0) is 45.5 Å². The molecule has 0 bridgehead atoms. The predicted molar refractivity (Wildman–Crippen MR) is 79.9 cm³/mol. The van der Waals surface area contributed by atoms with Gasteiger partial charge < -0.3 is 15.4 Å².